The van der Waals surface area contributed by atoms with Crippen molar-refractivity contribution in [1.29, 1.82) is 0 Å². The molecule has 1 unspecified atom stereocenters. The van der Waals surface area contributed by atoms with Crippen LogP contribution in [0.3, 0.4) is 0 Å². The van der Waals surface area contributed by atoms with E-state index in [9.17, 15) is 22.7 Å². The first-order chi connectivity index (χ1) is 13.3. The van der Waals surface area contributed by atoms with E-state index in [0.29, 0.717) is 27.7 Å². The lowest BCUT2D eigenvalue weighted by atomic mass is 9.72. The number of aromatic amines is 1. The van der Waals surface area contributed by atoms with Gasteiger partial charge in [0.15, 0.2) is 5.60 Å². The maximum atomic E-state index is 14.0. The normalized spacial score (nSPS) is 14.9. The Hall–Kier alpha value is -2.41. The highest BCUT2D eigenvalue weighted by Gasteiger charge is 2.56. The number of H-pyrrole nitrogens is 1. The third kappa shape index (κ3) is 4.15. The number of fused-ring (bicyclic) bond motifs is 1. The maximum absolute atomic E-state index is 14.0. The van der Waals surface area contributed by atoms with Gasteiger partial charge >= 0.3 is 6.18 Å². The van der Waals surface area contributed by atoms with Crippen LogP contribution >= 0.6 is 0 Å². The van der Waals surface area contributed by atoms with E-state index in [2.05, 4.69) is 9.97 Å². The van der Waals surface area contributed by atoms with Crippen molar-refractivity contribution in [3.05, 3.63) is 64.9 Å². The Balaban J connectivity index is 2.00. The number of alkyl halides is 3. The number of hydrogen-bond donors (Lipinski definition) is 2. The lowest BCUT2D eigenvalue weighted by molar-refractivity contribution is -0.266. The Labute approximate surface area is 166 Å². The van der Waals surface area contributed by atoms with Crippen molar-refractivity contribution < 1.29 is 22.7 Å². The minimum atomic E-state index is -4.86. The number of benzene rings is 1. The summed E-state index contributed by atoms with van der Waals surface area (Å²) in [5.41, 5.74) is -1.36. The third-order valence-corrected chi connectivity index (χ3v) is 5.48. The molecule has 7 heteroatoms. The number of nitrogens with zero attached hydrogens (tertiary/aromatic N) is 1. The van der Waals surface area contributed by atoms with Crippen molar-refractivity contribution in [1.82, 2.24) is 9.97 Å². The van der Waals surface area contributed by atoms with Crippen LogP contribution < -0.4 is 0 Å². The van der Waals surface area contributed by atoms with Gasteiger partial charge in [0.05, 0.1) is 0 Å². The van der Waals surface area contributed by atoms with Gasteiger partial charge in [-0.2, -0.15) is 13.2 Å². The number of nitrogens with one attached hydrogen (secondary N) is 1. The first kappa shape index (κ1) is 21.3. The summed E-state index contributed by atoms with van der Waals surface area (Å²) in [6, 6.07) is 7.32. The minimum Gasteiger partial charge on any atom is -0.380 e. The van der Waals surface area contributed by atoms with E-state index in [4.69, 9.17) is 0 Å². The van der Waals surface area contributed by atoms with Gasteiger partial charge in [-0.05, 0) is 61.1 Å². The molecule has 3 aromatic rings. The van der Waals surface area contributed by atoms with Gasteiger partial charge in [-0.1, -0.05) is 19.9 Å². The fourth-order valence-electron chi connectivity index (χ4n) is 4.08. The number of rotatable bonds is 5. The molecule has 156 valence electrons. The number of aromatic nitrogens is 2. The molecule has 0 spiro atoms. The fourth-order valence-corrected chi connectivity index (χ4v) is 4.08. The molecule has 3 rings (SSSR count). The molecule has 0 amide bonds. The summed E-state index contributed by atoms with van der Waals surface area (Å²) in [6.07, 6.45) is -4.54. The molecule has 1 aromatic carbocycles. The van der Waals surface area contributed by atoms with Gasteiger partial charge in [0.25, 0.3) is 0 Å². The van der Waals surface area contributed by atoms with E-state index in [-0.39, 0.29) is 5.69 Å². The molecule has 0 aliphatic carbocycles. The molecule has 0 saturated heterocycles. The largest absolute Gasteiger partial charge is 0.417 e. The van der Waals surface area contributed by atoms with Crippen LogP contribution in [0.1, 0.15) is 42.8 Å². The Bertz CT molecular complexity index is 1040. The van der Waals surface area contributed by atoms with E-state index in [0.717, 1.165) is 0 Å². The molecular formula is C22H24F4N2O. The molecule has 0 fully saturated rings. The zero-order valence-electron chi connectivity index (χ0n) is 16.8. The predicted octanol–water partition coefficient (Wildman–Crippen LogP) is 5.52. The van der Waals surface area contributed by atoms with Crippen molar-refractivity contribution in [3.8, 4) is 0 Å². The molecule has 0 aliphatic heterocycles. The highest BCUT2D eigenvalue weighted by molar-refractivity contribution is 5.82. The smallest absolute Gasteiger partial charge is 0.380 e. The van der Waals surface area contributed by atoms with E-state index in [1.54, 1.807) is 46.0 Å². The highest BCUT2D eigenvalue weighted by Crippen LogP contribution is 2.44. The van der Waals surface area contributed by atoms with Crippen molar-refractivity contribution in [2.75, 3.05) is 0 Å². The van der Waals surface area contributed by atoms with Gasteiger partial charge < -0.3 is 10.1 Å². The average molecular weight is 408 g/mol. The van der Waals surface area contributed by atoms with Crippen LogP contribution in [0.15, 0.2) is 36.5 Å². The SMILES string of the molecule is Cc1ccc(F)cc1C(C)(C)CC(O)(Cc1cc2c(C)nccc2[nH]1)C(F)(F)F. The highest BCUT2D eigenvalue weighted by atomic mass is 19.4. The molecule has 0 saturated carbocycles. The topological polar surface area (TPSA) is 48.9 Å². The molecule has 29 heavy (non-hydrogen) atoms. The Kier molecular flexibility index (Phi) is 5.24. The second kappa shape index (κ2) is 7.13. The summed E-state index contributed by atoms with van der Waals surface area (Å²) < 4.78 is 55.8. The summed E-state index contributed by atoms with van der Waals surface area (Å²) in [5.74, 6) is -0.521. The molecule has 0 radical (unpaired) electrons. The molecular weight excluding hydrogens is 384 g/mol. The lowest BCUT2D eigenvalue weighted by Crippen LogP contribution is -2.51. The fraction of sp³-hybridized carbons (Fsp3) is 0.409. The van der Waals surface area contributed by atoms with Gasteiger partial charge in [0.2, 0.25) is 0 Å². The van der Waals surface area contributed by atoms with Crippen molar-refractivity contribution in [3.63, 3.8) is 0 Å². The number of halogens is 4. The number of hydrogen-bond acceptors (Lipinski definition) is 2. The Morgan fingerprint density at radius 2 is 1.76 bits per heavy atom. The van der Waals surface area contributed by atoms with Crippen molar-refractivity contribution >= 4 is 10.9 Å². The summed E-state index contributed by atoms with van der Waals surface area (Å²) in [4.78, 5) is 7.09. The zero-order chi connectivity index (χ0) is 21.6. The molecule has 0 aliphatic rings. The maximum Gasteiger partial charge on any atom is 0.417 e. The summed E-state index contributed by atoms with van der Waals surface area (Å²) in [6.45, 7) is 6.66. The van der Waals surface area contributed by atoms with Gasteiger partial charge in [-0.25, -0.2) is 4.39 Å². The number of aliphatic hydroxyl groups is 1. The van der Waals surface area contributed by atoms with E-state index in [1.807, 2.05) is 0 Å². The molecule has 3 nitrogen and oxygen atoms in total. The molecule has 0 bridgehead atoms. The quantitative estimate of drug-likeness (QED) is 0.546. The molecule has 2 heterocycles. The van der Waals surface area contributed by atoms with Gasteiger partial charge in [-0.3, -0.25) is 4.98 Å². The van der Waals surface area contributed by atoms with E-state index in [1.165, 1.54) is 18.2 Å². The van der Waals surface area contributed by atoms with Crippen LogP contribution in [-0.4, -0.2) is 26.9 Å². The van der Waals surface area contributed by atoms with Crippen LogP contribution in [0.4, 0.5) is 17.6 Å². The number of pyridine rings is 1. The minimum absolute atomic E-state index is 0.266. The molecule has 2 aromatic heterocycles. The summed E-state index contributed by atoms with van der Waals surface area (Å²) >= 11 is 0. The predicted molar refractivity (Wildman–Crippen MR) is 104 cm³/mol. The first-order valence-electron chi connectivity index (χ1n) is 9.31. The monoisotopic (exact) mass is 408 g/mol. The van der Waals surface area contributed by atoms with E-state index < -0.39 is 35.9 Å². The van der Waals surface area contributed by atoms with Crippen LogP contribution in [0.2, 0.25) is 0 Å². The summed E-state index contributed by atoms with van der Waals surface area (Å²) in [5, 5.41) is 11.5. The van der Waals surface area contributed by atoms with Gasteiger partial charge in [-0.15, -0.1) is 0 Å². The van der Waals surface area contributed by atoms with Crippen LogP contribution in [-0.2, 0) is 11.8 Å². The molecule has 2 N–H and O–H groups in total. The van der Waals surface area contributed by atoms with Crippen LogP contribution in [0.5, 0.6) is 0 Å². The first-order valence-corrected chi connectivity index (χ1v) is 9.31. The average Bonchev–Trinajstić information content (AvgIpc) is 2.99. The summed E-state index contributed by atoms with van der Waals surface area (Å²) in [7, 11) is 0. The zero-order valence-corrected chi connectivity index (χ0v) is 16.8. The van der Waals surface area contributed by atoms with Crippen LogP contribution in [0.25, 0.3) is 10.9 Å². The van der Waals surface area contributed by atoms with Gasteiger partial charge in [0, 0.05) is 34.9 Å². The van der Waals surface area contributed by atoms with E-state index >= 15 is 0 Å². The standard InChI is InChI=1S/C22H24F4N2O/c1-13-5-6-15(23)9-18(13)20(3,4)12-21(29,22(24,25)26)11-16-10-17-14(2)27-8-7-19(17)28-16/h5-10,28-29H,11-12H2,1-4H3. The lowest BCUT2D eigenvalue weighted by Gasteiger charge is -2.38. The Morgan fingerprint density at radius 1 is 1.07 bits per heavy atom. The van der Waals surface area contributed by atoms with Gasteiger partial charge in [0.1, 0.15) is 5.82 Å². The third-order valence-electron chi connectivity index (χ3n) is 5.48. The second-order valence-electron chi connectivity index (χ2n) is 8.38. The molecule has 1 atom stereocenters. The Morgan fingerprint density at radius 3 is 2.38 bits per heavy atom. The van der Waals surface area contributed by atoms with Crippen LogP contribution in [0, 0.1) is 19.7 Å². The second-order valence-corrected chi connectivity index (χ2v) is 8.38. The van der Waals surface area contributed by atoms with Crippen molar-refractivity contribution in [2.24, 2.45) is 0 Å². The van der Waals surface area contributed by atoms with Crippen molar-refractivity contribution in [2.45, 2.75) is 57.7 Å². The number of aryl methyl sites for hydroxylation is 2.